The third-order valence-corrected chi connectivity index (χ3v) is 5.37. The van der Waals surface area contributed by atoms with Crippen LogP contribution in [0, 0.1) is 17.2 Å². The zero-order valence-corrected chi connectivity index (χ0v) is 14.2. The summed E-state index contributed by atoms with van der Waals surface area (Å²) >= 11 is 0. The number of carbonyl (C=O) groups is 3. The Bertz CT molecular complexity index is 1000. The number of carboxylic acid groups (broad SMARTS) is 1. The average Bonchev–Trinajstić information content (AvgIpc) is 3.11. The van der Waals surface area contributed by atoms with Gasteiger partial charge in [-0.15, -0.1) is 0 Å². The minimum Gasteiger partial charge on any atom is -0.480 e. The zero-order valence-electron chi connectivity index (χ0n) is 14.2. The van der Waals surface area contributed by atoms with E-state index in [1.807, 2.05) is 6.07 Å². The molecule has 7 nitrogen and oxygen atoms in total. The van der Waals surface area contributed by atoms with E-state index in [-0.39, 0.29) is 24.3 Å². The third kappa shape index (κ3) is 2.46. The maximum absolute atomic E-state index is 12.8. The lowest BCUT2D eigenvalue weighted by Crippen LogP contribution is -2.44. The molecule has 3 atom stereocenters. The quantitative estimate of drug-likeness (QED) is 0.846. The van der Waals surface area contributed by atoms with Crippen LogP contribution in [0.4, 0.5) is 0 Å². The van der Waals surface area contributed by atoms with Crippen molar-refractivity contribution in [1.29, 1.82) is 5.26 Å². The number of amides is 1. The van der Waals surface area contributed by atoms with Crippen molar-refractivity contribution < 1.29 is 19.5 Å². The van der Waals surface area contributed by atoms with Crippen LogP contribution in [0.25, 0.3) is 10.9 Å². The van der Waals surface area contributed by atoms with E-state index < -0.39 is 12.0 Å². The second kappa shape index (κ2) is 5.70. The van der Waals surface area contributed by atoms with Crippen LogP contribution in [0.1, 0.15) is 35.7 Å². The Morgan fingerprint density at radius 1 is 1.31 bits per heavy atom. The number of aliphatic carboxylic acids is 1. The summed E-state index contributed by atoms with van der Waals surface area (Å²) in [4.78, 5) is 37.7. The summed E-state index contributed by atoms with van der Waals surface area (Å²) < 4.78 is 1.67. The number of carboxylic acids is 1. The van der Waals surface area contributed by atoms with Gasteiger partial charge >= 0.3 is 5.97 Å². The van der Waals surface area contributed by atoms with Crippen LogP contribution in [0.5, 0.6) is 0 Å². The molecule has 0 radical (unpaired) electrons. The van der Waals surface area contributed by atoms with Crippen molar-refractivity contribution in [3.05, 3.63) is 35.5 Å². The molecule has 0 bridgehead atoms. The first kappa shape index (κ1) is 16.3. The molecule has 2 fully saturated rings. The zero-order chi connectivity index (χ0) is 18.6. The number of hydrogen-bond donors (Lipinski definition) is 1. The summed E-state index contributed by atoms with van der Waals surface area (Å²) in [6.45, 7) is 1.42. The standard InChI is InChI=1S/C19H17N3O4/c1-10(23)14-8-21(15-3-2-11(7-20)4-13(14)15)9-18(24)22-16-5-12(16)6-17(22)19(25)26/h2-4,8,12,16-17H,5-6,9H2,1H3,(H,25,26)/t12-,16-,17+/m1/s1. The SMILES string of the molecule is CC(=O)c1cn(CC(=O)N2[C@@H]3C[C@@H]3C[C@H]2C(=O)O)c2ccc(C#N)cc12. The molecule has 2 aliphatic rings. The van der Waals surface area contributed by atoms with Crippen LogP contribution in [-0.2, 0) is 16.1 Å². The molecule has 1 amide bonds. The van der Waals surface area contributed by atoms with Crippen molar-refractivity contribution >= 4 is 28.6 Å². The van der Waals surface area contributed by atoms with Gasteiger partial charge in [0.15, 0.2) is 5.78 Å². The monoisotopic (exact) mass is 351 g/mol. The van der Waals surface area contributed by atoms with Crippen molar-refractivity contribution in [3.8, 4) is 6.07 Å². The van der Waals surface area contributed by atoms with Gasteiger partial charge in [0.05, 0.1) is 11.6 Å². The number of nitriles is 1. The molecule has 1 saturated carbocycles. The Morgan fingerprint density at radius 2 is 2.08 bits per heavy atom. The van der Waals surface area contributed by atoms with Crippen LogP contribution < -0.4 is 0 Å². The highest BCUT2D eigenvalue weighted by atomic mass is 16.4. The second-order valence-electron chi connectivity index (χ2n) is 7.02. The number of rotatable bonds is 4. The van der Waals surface area contributed by atoms with Crippen molar-refractivity contribution in [1.82, 2.24) is 9.47 Å². The average molecular weight is 351 g/mol. The highest BCUT2D eigenvalue weighted by molar-refractivity contribution is 6.07. The molecule has 0 unspecified atom stereocenters. The number of nitrogens with zero attached hydrogens (tertiary/aromatic N) is 3. The predicted molar refractivity (Wildman–Crippen MR) is 91.4 cm³/mol. The van der Waals surface area contributed by atoms with Gasteiger partial charge in [0, 0.05) is 28.7 Å². The van der Waals surface area contributed by atoms with Gasteiger partial charge in [-0.2, -0.15) is 5.26 Å². The second-order valence-corrected chi connectivity index (χ2v) is 7.02. The summed E-state index contributed by atoms with van der Waals surface area (Å²) in [5.41, 5.74) is 1.57. The van der Waals surface area contributed by atoms with E-state index in [9.17, 15) is 19.5 Å². The molecule has 1 aromatic heterocycles. The Balaban J connectivity index is 1.69. The van der Waals surface area contributed by atoms with Crippen LogP contribution in [-0.4, -0.2) is 44.3 Å². The number of carbonyl (C=O) groups excluding carboxylic acids is 2. The fourth-order valence-electron chi connectivity index (χ4n) is 4.04. The van der Waals surface area contributed by atoms with Crippen molar-refractivity contribution in [2.45, 2.75) is 38.4 Å². The molecule has 7 heteroatoms. The number of fused-ring (bicyclic) bond motifs is 2. The fourth-order valence-corrected chi connectivity index (χ4v) is 4.04. The lowest BCUT2D eigenvalue weighted by Gasteiger charge is -2.24. The van der Waals surface area contributed by atoms with Crippen molar-refractivity contribution in [2.75, 3.05) is 0 Å². The van der Waals surface area contributed by atoms with E-state index in [4.69, 9.17) is 5.26 Å². The van der Waals surface area contributed by atoms with Gasteiger partial charge in [0.25, 0.3) is 0 Å². The van der Waals surface area contributed by atoms with E-state index in [0.717, 1.165) is 6.42 Å². The Morgan fingerprint density at radius 3 is 2.73 bits per heavy atom. The molecule has 1 aromatic carbocycles. The maximum Gasteiger partial charge on any atom is 0.326 e. The molecular formula is C19H17N3O4. The largest absolute Gasteiger partial charge is 0.480 e. The van der Waals surface area contributed by atoms with Gasteiger partial charge in [-0.25, -0.2) is 4.79 Å². The number of aromatic nitrogens is 1. The third-order valence-electron chi connectivity index (χ3n) is 5.37. The molecule has 1 saturated heterocycles. The fraction of sp³-hybridized carbons (Fsp3) is 0.368. The molecule has 1 N–H and O–H groups in total. The molecular weight excluding hydrogens is 334 g/mol. The Labute approximate surface area is 149 Å². The number of hydrogen-bond acceptors (Lipinski definition) is 4. The van der Waals surface area contributed by atoms with Crippen molar-refractivity contribution in [2.24, 2.45) is 5.92 Å². The summed E-state index contributed by atoms with van der Waals surface area (Å²) in [5, 5.41) is 19.1. The van der Waals surface area contributed by atoms with Gasteiger partial charge in [0.2, 0.25) is 5.91 Å². The molecule has 1 aliphatic heterocycles. The van der Waals surface area contributed by atoms with E-state index in [2.05, 4.69) is 0 Å². The molecule has 132 valence electrons. The summed E-state index contributed by atoms with van der Waals surface area (Å²) in [7, 11) is 0. The highest BCUT2D eigenvalue weighted by Crippen LogP contribution is 2.48. The number of benzene rings is 1. The topological polar surface area (TPSA) is 103 Å². The lowest BCUT2D eigenvalue weighted by atomic mass is 10.1. The number of likely N-dealkylation sites (tertiary alicyclic amines) is 1. The Kier molecular flexibility index (Phi) is 3.58. The molecule has 2 aromatic rings. The predicted octanol–water partition coefficient (Wildman–Crippen LogP) is 1.79. The van der Waals surface area contributed by atoms with E-state index in [0.29, 0.717) is 34.4 Å². The molecule has 1 aliphatic carbocycles. The number of Topliss-reactive ketones (excluding diaryl/α,β-unsaturated/α-hetero) is 1. The van der Waals surface area contributed by atoms with Crippen molar-refractivity contribution in [3.63, 3.8) is 0 Å². The van der Waals surface area contributed by atoms with Crippen LogP contribution in [0.15, 0.2) is 24.4 Å². The van der Waals surface area contributed by atoms with Gasteiger partial charge in [-0.1, -0.05) is 0 Å². The number of piperidine rings is 1. The first-order valence-electron chi connectivity index (χ1n) is 8.48. The summed E-state index contributed by atoms with van der Waals surface area (Å²) in [6.07, 6.45) is 3.00. The Hall–Kier alpha value is -3.14. The van der Waals surface area contributed by atoms with Crippen LogP contribution >= 0.6 is 0 Å². The molecule has 0 spiro atoms. The molecule has 4 rings (SSSR count). The minimum absolute atomic E-state index is 0.0251. The maximum atomic E-state index is 12.8. The lowest BCUT2D eigenvalue weighted by molar-refractivity contribution is -0.149. The van der Waals surface area contributed by atoms with Gasteiger partial charge in [0.1, 0.15) is 12.6 Å². The smallest absolute Gasteiger partial charge is 0.326 e. The summed E-state index contributed by atoms with van der Waals surface area (Å²) in [6, 6.07) is 6.31. The van der Waals surface area contributed by atoms with E-state index in [1.54, 1.807) is 29.0 Å². The summed E-state index contributed by atoms with van der Waals surface area (Å²) in [5.74, 6) is -1.07. The number of ketones is 1. The van der Waals surface area contributed by atoms with Crippen LogP contribution in [0.2, 0.25) is 0 Å². The highest BCUT2D eigenvalue weighted by Gasteiger charge is 2.56. The van der Waals surface area contributed by atoms with E-state index >= 15 is 0 Å². The first-order chi connectivity index (χ1) is 12.4. The van der Waals surface area contributed by atoms with Gasteiger partial charge in [-0.3, -0.25) is 9.59 Å². The molecule has 2 heterocycles. The minimum atomic E-state index is -0.967. The van der Waals surface area contributed by atoms with Gasteiger partial charge < -0.3 is 14.6 Å². The first-order valence-corrected chi connectivity index (χ1v) is 8.48. The normalized spacial score (nSPS) is 23.5. The van der Waals surface area contributed by atoms with E-state index in [1.165, 1.54) is 11.8 Å². The van der Waals surface area contributed by atoms with Crippen LogP contribution in [0.3, 0.4) is 0 Å². The van der Waals surface area contributed by atoms with Gasteiger partial charge in [-0.05, 0) is 43.9 Å². The molecule has 26 heavy (non-hydrogen) atoms.